The van der Waals surface area contributed by atoms with E-state index in [-0.39, 0.29) is 5.75 Å². The minimum atomic E-state index is -1.51. The highest BCUT2D eigenvalue weighted by atomic mass is 16.6. The summed E-state index contributed by atoms with van der Waals surface area (Å²) in [5, 5.41) is 3.04. The van der Waals surface area contributed by atoms with Crippen molar-refractivity contribution >= 4 is 29.1 Å². The van der Waals surface area contributed by atoms with Gasteiger partial charge in [0, 0.05) is 11.9 Å². The smallest absolute Gasteiger partial charge is 0.340 e. The first kappa shape index (κ1) is 19.2. The highest BCUT2D eigenvalue weighted by Crippen LogP contribution is 2.22. The Morgan fingerprint density at radius 3 is 2.35 bits per heavy atom. The molecule has 1 unspecified atom stereocenters. The van der Waals surface area contributed by atoms with Crippen molar-refractivity contribution in [1.29, 1.82) is 0 Å². The van der Waals surface area contributed by atoms with Gasteiger partial charge in [-0.1, -0.05) is 0 Å². The van der Waals surface area contributed by atoms with Crippen LogP contribution in [-0.4, -0.2) is 28.6 Å². The summed E-state index contributed by atoms with van der Waals surface area (Å²) >= 11 is 0. The minimum absolute atomic E-state index is 0.244. The fourth-order valence-corrected chi connectivity index (χ4v) is 1.91. The first-order valence-electron chi connectivity index (χ1n) is 7.93. The number of rotatable bonds is 5. The summed E-state index contributed by atoms with van der Waals surface area (Å²) in [6, 6.07) is 8.41. The number of nitrogens with one attached hydrogen (secondary N) is 1. The van der Waals surface area contributed by atoms with E-state index in [9.17, 15) is 9.59 Å². The molecule has 0 bridgehead atoms. The topological polar surface area (TPSA) is 130 Å². The number of pyridine rings is 1. The van der Waals surface area contributed by atoms with E-state index in [0.717, 1.165) is 0 Å². The average Bonchev–Trinajstić information content (AvgIpc) is 2.56. The molecular formula is C18H22N4O4. The first-order valence-corrected chi connectivity index (χ1v) is 7.93. The molecule has 138 valence electrons. The van der Waals surface area contributed by atoms with Crippen LogP contribution in [0.5, 0.6) is 5.75 Å². The number of ether oxygens (including phenoxy) is 2. The van der Waals surface area contributed by atoms with Crippen LogP contribution in [0.15, 0.2) is 42.6 Å². The zero-order valence-corrected chi connectivity index (χ0v) is 14.9. The van der Waals surface area contributed by atoms with E-state index >= 15 is 0 Å². The van der Waals surface area contributed by atoms with Gasteiger partial charge in [0.25, 0.3) is 0 Å². The number of nitrogens with two attached hydrogens (primary N) is 2. The van der Waals surface area contributed by atoms with Gasteiger partial charge in [-0.15, -0.1) is 0 Å². The van der Waals surface area contributed by atoms with Gasteiger partial charge in [0.05, 0.1) is 5.69 Å². The van der Waals surface area contributed by atoms with Gasteiger partial charge in [-0.2, -0.15) is 0 Å². The van der Waals surface area contributed by atoms with Gasteiger partial charge < -0.3 is 26.3 Å². The monoisotopic (exact) mass is 358 g/mol. The van der Waals surface area contributed by atoms with Crippen molar-refractivity contribution in [3.05, 3.63) is 42.6 Å². The maximum atomic E-state index is 12.0. The average molecular weight is 358 g/mol. The SMILES string of the molecule is CC(C)(C)OC(=O)C(N)C(=O)Oc1ccc(Nc2ncccc2N)cc1. The molecule has 0 saturated carbocycles. The molecule has 0 aliphatic carbocycles. The Bertz CT molecular complexity index is 785. The van der Waals surface area contributed by atoms with Crippen LogP contribution >= 0.6 is 0 Å². The Kier molecular flexibility index (Phi) is 5.78. The molecule has 0 amide bonds. The molecule has 8 nitrogen and oxygen atoms in total. The lowest BCUT2D eigenvalue weighted by atomic mass is 10.2. The Morgan fingerprint density at radius 1 is 1.12 bits per heavy atom. The number of carbonyl (C=O) groups excluding carboxylic acids is 2. The maximum absolute atomic E-state index is 12.0. The Balaban J connectivity index is 1.97. The number of carbonyl (C=O) groups is 2. The van der Waals surface area contributed by atoms with Crippen LogP contribution in [0, 0.1) is 0 Å². The van der Waals surface area contributed by atoms with Gasteiger partial charge in [0.1, 0.15) is 11.4 Å². The number of benzene rings is 1. The van der Waals surface area contributed by atoms with Crippen molar-refractivity contribution < 1.29 is 19.1 Å². The predicted molar refractivity (Wildman–Crippen MR) is 97.8 cm³/mol. The number of aromatic nitrogens is 1. The first-order chi connectivity index (χ1) is 12.2. The molecule has 0 aliphatic rings. The summed E-state index contributed by atoms with van der Waals surface area (Å²) in [5.74, 6) is -0.974. The third kappa shape index (κ3) is 5.45. The third-order valence-corrected chi connectivity index (χ3v) is 3.09. The number of hydrogen-bond donors (Lipinski definition) is 3. The summed E-state index contributed by atoms with van der Waals surface area (Å²) in [7, 11) is 0. The van der Waals surface area contributed by atoms with Crippen LogP contribution < -0.4 is 21.5 Å². The molecule has 1 heterocycles. The van der Waals surface area contributed by atoms with E-state index in [1.54, 1.807) is 63.4 Å². The summed E-state index contributed by atoms with van der Waals surface area (Å²) in [6.07, 6.45) is 1.62. The summed E-state index contributed by atoms with van der Waals surface area (Å²) in [6.45, 7) is 5.05. The van der Waals surface area contributed by atoms with E-state index in [4.69, 9.17) is 20.9 Å². The molecule has 1 atom stereocenters. The zero-order chi connectivity index (χ0) is 19.3. The largest absolute Gasteiger partial charge is 0.458 e. The standard InChI is InChI=1S/C18H22N4O4/c1-18(2,3)26-17(24)14(20)16(23)25-12-8-6-11(7-9-12)22-15-13(19)5-4-10-21-15/h4-10,14H,19-20H2,1-3H3,(H,21,22). The quantitative estimate of drug-likeness (QED) is 0.420. The molecule has 0 saturated heterocycles. The lowest BCUT2D eigenvalue weighted by Crippen LogP contribution is -2.45. The van der Waals surface area contributed by atoms with Gasteiger partial charge in [-0.3, -0.25) is 0 Å². The molecule has 0 radical (unpaired) electrons. The number of nitrogens with zero attached hydrogens (tertiary/aromatic N) is 1. The van der Waals surface area contributed by atoms with E-state index in [2.05, 4.69) is 10.3 Å². The van der Waals surface area contributed by atoms with E-state index in [0.29, 0.717) is 17.2 Å². The van der Waals surface area contributed by atoms with Gasteiger partial charge in [-0.05, 0) is 57.2 Å². The molecule has 26 heavy (non-hydrogen) atoms. The van der Waals surface area contributed by atoms with Crippen molar-refractivity contribution in [3.63, 3.8) is 0 Å². The number of nitrogen functional groups attached to an aromatic ring is 1. The Hall–Kier alpha value is -3.13. The molecule has 1 aromatic carbocycles. The van der Waals surface area contributed by atoms with Crippen molar-refractivity contribution in [2.24, 2.45) is 5.73 Å². The van der Waals surface area contributed by atoms with Crippen LogP contribution in [0.25, 0.3) is 0 Å². The minimum Gasteiger partial charge on any atom is -0.458 e. The van der Waals surface area contributed by atoms with Crippen LogP contribution in [0.1, 0.15) is 20.8 Å². The molecular weight excluding hydrogens is 336 g/mol. The molecule has 2 aromatic rings. The zero-order valence-electron chi connectivity index (χ0n) is 14.9. The van der Waals surface area contributed by atoms with Gasteiger partial charge >= 0.3 is 11.9 Å². The summed E-state index contributed by atoms with van der Waals surface area (Å²) in [4.78, 5) is 27.9. The second kappa shape index (κ2) is 7.83. The molecule has 0 aliphatic heterocycles. The van der Waals surface area contributed by atoms with E-state index in [1.165, 1.54) is 0 Å². The number of hydrogen-bond acceptors (Lipinski definition) is 8. The van der Waals surface area contributed by atoms with Crippen molar-refractivity contribution in [2.75, 3.05) is 11.1 Å². The fraction of sp³-hybridized carbons (Fsp3) is 0.278. The fourth-order valence-electron chi connectivity index (χ4n) is 1.91. The summed E-state index contributed by atoms with van der Waals surface area (Å²) < 4.78 is 10.2. The van der Waals surface area contributed by atoms with Crippen molar-refractivity contribution in [2.45, 2.75) is 32.4 Å². The highest BCUT2D eigenvalue weighted by Gasteiger charge is 2.29. The number of anilines is 3. The lowest BCUT2D eigenvalue weighted by molar-refractivity contribution is -0.161. The maximum Gasteiger partial charge on any atom is 0.340 e. The predicted octanol–water partition coefficient (Wildman–Crippen LogP) is 1.98. The van der Waals surface area contributed by atoms with Crippen LogP contribution in [-0.2, 0) is 14.3 Å². The second-order valence-electron chi connectivity index (χ2n) is 6.52. The van der Waals surface area contributed by atoms with E-state index < -0.39 is 23.6 Å². The van der Waals surface area contributed by atoms with Crippen LogP contribution in [0.4, 0.5) is 17.2 Å². The molecule has 2 rings (SSSR count). The Labute approximate surface area is 151 Å². The molecule has 5 N–H and O–H groups in total. The van der Waals surface area contributed by atoms with Gasteiger partial charge in [0.15, 0.2) is 5.82 Å². The van der Waals surface area contributed by atoms with Gasteiger partial charge in [-0.25, -0.2) is 14.6 Å². The molecule has 1 aromatic heterocycles. The second-order valence-corrected chi connectivity index (χ2v) is 6.52. The van der Waals surface area contributed by atoms with E-state index in [1.807, 2.05) is 0 Å². The number of esters is 2. The van der Waals surface area contributed by atoms with Crippen molar-refractivity contribution in [3.8, 4) is 5.75 Å². The molecule has 8 heteroatoms. The Morgan fingerprint density at radius 2 is 1.77 bits per heavy atom. The lowest BCUT2D eigenvalue weighted by Gasteiger charge is -2.21. The van der Waals surface area contributed by atoms with Gasteiger partial charge in [0.2, 0.25) is 6.04 Å². The molecule has 0 fully saturated rings. The van der Waals surface area contributed by atoms with Crippen molar-refractivity contribution in [1.82, 2.24) is 4.98 Å². The summed E-state index contributed by atoms with van der Waals surface area (Å²) in [5.41, 5.74) is 11.9. The third-order valence-electron chi connectivity index (χ3n) is 3.09. The van der Waals surface area contributed by atoms with Crippen LogP contribution in [0.3, 0.4) is 0 Å². The van der Waals surface area contributed by atoms with Crippen LogP contribution in [0.2, 0.25) is 0 Å². The normalized spacial score (nSPS) is 12.2. The highest BCUT2D eigenvalue weighted by molar-refractivity contribution is 5.99. The molecule has 0 spiro atoms.